The summed E-state index contributed by atoms with van der Waals surface area (Å²) in [6, 6.07) is 0.156. The Morgan fingerprint density at radius 3 is 2.30 bits per heavy atom. The summed E-state index contributed by atoms with van der Waals surface area (Å²) in [4.78, 5) is 20.2. The van der Waals surface area contributed by atoms with Crippen LogP contribution in [0.5, 0.6) is 11.8 Å². The van der Waals surface area contributed by atoms with Gasteiger partial charge in [0.15, 0.2) is 5.56 Å². The lowest BCUT2D eigenvalue weighted by Gasteiger charge is -2.24. The zero-order chi connectivity index (χ0) is 13.7. The molecule has 0 atom stereocenters. The molecule has 8 heteroatoms. The van der Waals surface area contributed by atoms with Gasteiger partial charge in [0.1, 0.15) is 6.33 Å². The molecule has 2 rings (SSSR count). The topological polar surface area (TPSA) is 85.4 Å². The van der Waals surface area contributed by atoms with Crippen LogP contribution in [0.2, 0.25) is 0 Å². The number of amides is 1. The molecule has 20 heavy (non-hydrogen) atoms. The van der Waals surface area contributed by atoms with E-state index < -0.39 is 0 Å². The van der Waals surface area contributed by atoms with Gasteiger partial charge >= 0.3 is 0 Å². The fraction of sp³-hybridized carbons (Fsp3) is 0.583. The normalized spacial score (nSPS) is 15.1. The van der Waals surface area contributed by atoms with Crippen LogP contribution in [0.25, 0.3) is 0 Å². The maximum absolute atomic E-state index is 12.3. The van der Waals surface area contributed by atoms with Crippen molar-refractivity contribution in [3.63, 3.8) is 0 Å². The van der Waals surface area contributed by atoms with E-state index >= 15 is 0 Å². The average molecular weight is 303 g/mol. The van der Waals surface area contributed by atoms with Crippen molar-refractivity contribution in [3.8, 4) is 11.8 Å². The molecule has 2 N–H and O–H groups in total. The standard InChI is InChI=1S/C12H18N4O3.ClH/c1-18-11-9(12(19-2)15-7-14-11)10(17)16-8-3-5-13-6-4-8;/h7-8,13H,3-6H2,1-2H3,(H,16,17);1H. The Morgan fingerprint density at radius 1 is 1.25 bits per heavy atom. The van der Waals surface area contributed by atoms with E-state index in [9.17, 15) is 4.79 Å². The third-order valence-electron chi connectivity index (χ3n) is 3.07. The van der Waals surface area contributed by atoms with E-state index in [-0.39, 0.29) is 41.7 Å². The van der Waals surface area contributed by atoms with Crippen LogP contribution in [0.15, 0.2) is 6.33 Å². The number of hydrogen-bond acceptors (Lipinski definition) is 6. The number of hydrogen-bond donors (Lipinski definition) is 2. The Morgan fingerprint density at radius 2 is 1.80 bits per heavy atom. The summed E-state index contributed by atoms with van der Waals surface area (Å²) in [6.45, 7) is 1.81. The highest BCUT2D eigenvalue weighted by atomic mass is 35.5. The fourth-order valence-corrected chi connectivity index (χ4v) is 2.08. The zero-order valence-corrected chi connectivity index (χ0v) is 12.3. The van der Waals surface area contributed by atoms with Crippen LogP contribution in [0.1, 0.15) is 23.2 Å². The van der Waals surface area contributed by atoms with Crippen LogP contribution < -0.4 is 20.1 Å². The Bertz CT molecular complexity index is 430. The van der Waals surface area contributed by atoms with Gasteiger partial charge in [-0.1, -0.05) is 0 Å². The SMILES string of the molecule is COc1ncnc(OC)c1C(=O)NC1CCNCC1.Cl. The molecule has 2 heterocycles. The van der Waals surface area contributed by atoms with Crippen molar-refractivity contribution in [1.82, 2.24) is 20.6 Å². The summed E-state index contributed by atoms with van der Waals surface area (Å²) in [7, 11) is 2.92. The number of carbonyl (C=O) groups excluding carboxylic acids is 1. The Kier molecular flexibility index (Phi) is 6.47. The minimum atomic E-state index is -0.263. The van der Waals surface area contributed by atoms with Gasteiger partial charge < -0.3 is 20.1 Å². The van der Waals surface area contributed by atoms with E-state index in [1.54, 1.807) is 0 Å². The largest absolute Gasteiger partial charge is 0.480 e. The quantitative estimate of drug-likeness (QED) is 0.837. The molecule has 1 saturated heterocycles. The Hall–Kier alpha value is -1.60. The van der Waals surface area contributed by atoms with Crippen molar-refractivity contribution >= 4 is 18.3 Å². The van der Waals surface area contributed by atoms with Gasteiger partial charge in [-0.25, -0.2) is 9.97 Å². The summed E-state index contributed by atoms with van der Waals surface area (Å²) in [5, 5.41) is 6.21. The first-order chi connectivity index (χ1) is 9.26. The fourth-order valence-electron chi connectivity index (χ4n) is 2.08. The molecule has 0 aromatic carbocycles. The van der Waals surface area contributed by atoms with Gasteiger partial charge in [-0.2, -0.15) is 0 Å². The zero-order valence-electron chi connectivity index (χ0n) is 11.5. The molecular formula is C12H19ClN4O3. The highest BCUT2D eigenvalue weighted by Gasteiger charge is 2.24. The molecule has 0 saturated carbocycles. The van der Waals surface area contributed by atoms with Crippen molar-refractivity contribution in [1.29, 1.82) is 0 Å². The van der Waals surface area contributed by atoms with E-state index in [1.165, 1.54) is 20.5 Å². The van der Waals surface area contributed by atoms with Gasteiger partial charge in [-0.3, -0.25) is 4.79 Å². The van der Waals surface area contributed by atoms with Crippen LogP contribution in [0.4, 0.5) is 0 Å². The van der Waals surface area contributed by atoms with Gasteiger partial charge in [0, 0.05) is 6.04 Å². The lowest BCUT2D eigenvalue weighted by molar-refractivity contribution is 0.0921. The first kappa shape index (κ1) is 16.5. The first-order valence-corrected chi connectivity index (χ1v) is 6.20. The van der Waals surface area contributed by atoms with Crippen LogP contribution in [-0.4, -0.2) is 49.2 Å². The van der Waals surface area contributed by atoms with Crippen molar-refractivity contribution < 1.29 is 14.3 Å². The smallest absolute Gasteiger partial charge is 0.262 e. The second-order valence-electron chi connectivity index (χ2n) is 4.26. The van der Waals surface area contributed by atoms with Crippen LogP contribution in [-0.2, 0) is 0 Å². The molecule has 112 valence electrons. The second-order valence-corrected chi connectivity index (χ2v) is 4.26. The molecule has 1 aliphatic rings. The monoisotopic (exact) mass is 302 g/mol. The molecule has 0 bridgehead atoms. The molecule has 1 fully saturated rings. The van der Waals surface area contributed by atoms with Gasteiger partial charge in [0.25, 0.3) is 5.91 Å². The molecule has 1 aromatic rings. The number of halogens is 1. The number of aromatic nitrogens is 2. The van der Waals surface area contributed by atoms with Gasteiger partial charge in [-0.05, 0) is 25.9 Å². The van der Waals surface area contributed by atoms with Crippen molar-refractivity contribution in [3.05, 3.63) is 11.9 Å². The summed E-state index contributed by atoms with van der Waals surface area (Å²) in [6.07, 6.45) is 3.12. The molecule has 0 radical (unpaired) electrons. The van der Waals surface area contributed by atoms with Crippen LogP contribution >= 0.6 is 12.4 Å². The number of ether oxygens (including phenoxy) is 2. The number of methoxy groups -OCH3 is 2. The molecule has 1 aromatic heterocycles. The van der Waals surface area contributed by atoms with E-state index in [0.29, 0.717) is 0 Å². The van der Waals surface area contributed by atoms with E-state index in [1.807, 2.05) is 0 Å². The Labute approximate surface area is 123 Å². The summed E-state index contributed by atoms with van der Waals surface area (Å²) >= 11 is 0. The predicted molar refractivity (Wildman–Crippen MR) is 75.7 cm³/mol. The maximum Gasteiger partial charge on any atom is 0.262 e. The molecule has 0 aliphatic carbocycles. The molecule has 7 nitrogen and oxygen atoms in total. The van der Waals surface area contributed by atoms with Crippen molar-refractivity contribution in [2.45, 2.75) is 18.9 Å². The molecule has 1 aliphatic heterocycles. The molecule has 0 unspecified atom stereocenters. The minimum Gasteiger partial charge on any atom is -0.480 e. The number of carbonyl (C=O) groups is 1. The average Bonchev–Trinajstić information content (AvgIpc) is 2.47. The van der Waals surface area contributed by atoms with Crippen molar-refractivity contribution in [2.75, 3.05) is 27.3 Å². The predicted octanol–water partition coefficient (Wildman–Crippen LogP) is 0.397. The highest BCUT2D eigenvalue weighted by Crippen LogP contribution is 2.23. The third-order valence-corrected chi connectivity index (χ3v) is 3.07. The summed E-state index contributed by atoms with van der Waals surface area (Å²) in [5.74, 6) is 0.178. The summed E-state index contributed by atoms with van der Waals surface area (Å²) in [5.41, 5.74) is 0.242. The lowest BCUT2D eigenvalue weighted by Crippen LogP contribution is -2.43. The van der Waals surface area contributed by atoms with Gasteiger partial charge in [-0.15, -0.1) is 12.4 Å². The minimum absolute atomic E-state index is 0. The van der Waals surface area contributed by atoms with Crippen molar-refractivity contribution in [2.24, 2.45) is 0 Å². The van der Waals surface area contributed by atoms with Gasteiger partial charge in [0.2, 0.25) is 11.8 Å². The van der Waals surface area contributed by atoms with E-state index in [0.717, 1.165) is 25.9 Å². The van der Waals surface area contributed by atoms with Gasteiger partial charge in [0.05, 0.1) is 14.2 Å². The van der Waals surface area contributed by atoms with Crippen LogP contribution in [0.3, 0.4) is 0 Å². The molecule has 1 amide bonds. The number of rotatable bonds is 4. The second kappa shape index (κ2) is 7.86. The number of piperidine rings is 1. The highest BCUT2D eigenvalue weighted by molar-refractivity contribution is 5.98. The molecular weight excluding hydrogens is 284 g/mol. The molecule has 0 spiro atoms. The maximum atomic E-state index is 12.3. The first-order valence-electron chi connectivity index (χ1n) is 6.20. The lowest BCUT2D eigenvalue weighted by atomic mass is 10.1. The number of nitrogens with zero attached hydrogens (tertiary/aromatic N) is 2. The van der Waals surface area contributed by atoms with E-state index in [4.69, 9.17) is 9.47 Å². The van der Waals surface area contributed by atoms with Crippen LogP contribution in [0, 0.1) is 0 Å². The summed E-state index contributed by atoms with van der Waals surface area (Å²) < 4.78 is 10.2. The number of nitrogens with one attached hydrogen (secondary N) is 2. The van der Waals surface area contributed by atoms with E-state index in [2.05, 4.69) is 20.6 Å². The Balaban J connectivity index is 0.00000200. The third kappa shape index (κ3) is 3.71.